The summed E-state index contributed by atoms with van der Waals surface area (Å²) in [6.07, 6.45) is 2.73. The number of carbonyl (C=O) groups is 1. The molecule has 1 rings (SSSR count). The first kappa shape index (κ1) is 12.8. The number of aryl methyl sites for hydroxylation is 1. The first-order valence-corrected chi connectivity index (χ1v) is 5.78. The maximum atomic E-state index is 12.1. The van der Waals surface area contributed by atoms with Crippen molar-refractivity contribution in [3.05, 3.63) is 11.9 Å². The van der Waals surface area contributed by atoms with Crippen LogP contribution in [0.5, 0.6) is 0 Å². The number of Topliss-reactive ketones (excluding diaryl/α,β-unsaturated/α-hetero) is 1. The molecule has 1 unspecified atom stereocenters. The molecule has 0 saturated carbocycles. The molecule has 0 aromatic carbocycles. The predicted octanol–water partition coefficient (Wildman–Crippen LogP) is 1.69. The second kappa shape index (κ2) is 6.37. The van der Waals surface area contributed by atoms with Crippen LogP contribution in [0, 0.1) is 0 Å². The molecular formula is C11H19N3O2. The molecule has 1 heterocycles. The van der Waals surface area contributed by atoms with Gasteiger partial charge in [0.25, 0.3) is 0 Å². The summed E-state index contributed by atoms with van der Waals surface area (Å²) < 4.78 is 7.03. The third-order valence-corrected chi connectivity index (χ3v) is 2.34. The van der Waals surface area contributed by atoms with Crippen LogP contribution >= 0.6 is 0 Å². The molecule has 0 N–H and O–H groups in total. The predicted molar refractivity (Wildman–Crippen MR) is 60.3 cm³/mol. The highest BCUT2D eigenvalue weighted by atomic mass is 16.5. The number of carbonyl (C=O) groups excluding carboxylic acids is 1. The standard InChI is InChI=1S/C11H19N3O2/c1-4-7-14-9(8-12-13-14)11(15)10(5-2)16-6-3/h8,10H,4-7H2,1-3H3. The number of hydrogen-bond donors (Lipinski definition) is 0. The van der Waals surface area contributed by atoms with Crippen LogP contribution in [0.2, 0.25) is 0 Å². The molecule has 0 aliphatic carbocycles. The van der Waals surface area contributed by atoms with Crippen molar-refractivity contribution in [2.75, 3.05) is 6.61 Å². The van der Waals surface area contributed by atoms with Crippen LogP contribution in [0.3, 0.4) is 0 Å². The van der Waals surface area contributed by atoms with E-state index < -0.39 is 0 Å². The number of nitrogens with zero attached hydrogens (tertiary/aromatic N) is 3. The summed E-state index contributed by atoms with van der Waals surface area (Å²) in [5.41, 5.74) is 0.544. The summed E-state index contributed by atoms with van der Waals surface area (Å²) in [4.78, 5) is 12.1. The van der Waals surface area contributed by atoms with Crippen molar-refractivity contribution < 1.29 is 9.53 Å². The number of aromatic nitrogens is 3. The van der Waals surface area contributed by atoms with Crippen LogP contribution in [0.15, 0.2) is 6.20 Å². The van der Waals surface area contributed by atoms with Gasteiger partial charge in [-0.25, -0.2) is 4.68 Å². The van der Waals surface area contributed by atoms with E-state index in [2.05, 4.69) is 10.3 Å². The van der Waals surface area contributed by atoms with Crippen molar-refractivity contribution in [1.29, 1.82) is 0 Å². The zero-order valence-corrected chi connectivity index (χ0v) is 10.1. The Morgan fingerprint density at radius 2 is 2.25 bits per heavy atom. The highest BCUT2D eigenvalue weighted by Crippen LogP contribution is 2.08. The Kier molecular flexibility index (Phi) is 5.11. The molecule has 0 fully saturated rings. The second-order valence-electron chi connectivity index (χ2n) is 3.56. The fourth-order valence-corrected chi connectivity index (χ4v) is 1.57. The van der Waals surface area contributed by atoms with Gasteiger partial charge in [-0.3, -0.25) is 4.79 Å². The van der Waals surface area contributed by atoms with Crippen molar-refractivity contribution in [2.24, 2.45) is 0 Å². The van der Waals surface area contributed by atoms with Crippen LogP contribution in [0.25, 0.3) is 0 Å². The van der Waals surface area contributed by atoms with Gasteiger partial charge in [0.15, 0.2) is 0 Å². The normalized spacial score (nSPS) is 12.7. The molecule has 0 saturated heterocycles. The molecule has 90 valence electrons. The number of ketones is 1. The molecule has 1 aromatic rings. The SMILES string of the molecule is CCCn1nncc1C(=O)C(CC)OCC. The van der Waals surface area contributed by atoms with Gasteiger partial charge >= 0.3 is 0 Å². The molecule has 16 heavy (non-hydrogen) atoms. The lowest BCUT2D eigenvalue weighted by molar-refractivity contribution is 0.0434. The van der Waals surface area contributed by atoms with E-state index in [4.69, 9.17) is 4.74 Å². The summed E-state index contributed by atoms with van der Waals surface area (Å²) in [6.45, 7) is 7.11. The van der Waals surface area contributed by atoms with E-state index >= 15 is 0 Å². The van der Waals surface area contributed by atoms with Gasteiger partial charge < -0.3 is 4.74 Å². The lowest BCUT2D eigenvalue weighted by Crippen LogP contribution is -2.26. The van der Waals surface area contributed by atoms with Crippen LogP contribution in [-0.2, 0) is 11.3 Å². The molecular weight excluding hydrogens is 206 g/mol. The molecule has 5 heteroatoms. The molecule has 0 radical (unpaired) electrons. The van der Waals surface area contributed by atoms with Gasteiger partial charge in [0, 0.05) is 13.2 Å². The van der Waals surface area contributed by atoms with Crippen LogP contribution in [-0.4, -0.2) is 33.5 Å². The summed E-state index contributed by atoms with van der Waals surface area (Å²) >= 11 is 0. The fraction of sp³-hybridized carbons (Fsp3) is 0.727. The molecule has 1 atom stereocenters. The maximum absolute atomic E-state index is 12.1. The van der Waals surface area contributed by atoms with E-state index in [-0.39, 0.29) is 11.9 Å². The lowest BCUT2D eigenvalue weighted by Gasteiger charge is -2.13. The summed E-state index contributed by atoms with van der Waals surface area (Å²) in [7, 11) is 0. The topological polar surface area (TPSA) is 57.0 Å². The smallest absolute Gasteiger partial charge is 0.211 e. The van der Waals surface area contributed by atoms with Gasteiger partial charge in [-0.05, 0) is 19.8 Å². The van der Waals surface area contributed by atoms with Crippen molar-refractivity contribution in [1.82, 2.24) is 15.0 Å². The van der Waals surface area contributed by atoms with E-state index in [1.807, 2.05) is 20.8 Å². The van der Waals surface area contributed by atoms with Gasteiger partial charge in [-0.2, -0.15) is 0 Å². The Balaban J connectivity index is 2.81. The molecule has 0 bridgehead atoms. The molecule has 0 aliphatic heterocycles. The Morgan fingerprint density at radius 1 is 1.50 bits per heavy atom. The van der Waals surface area contributed by atoms with E-state index in [0.717, 1.165) is 6.42 Å². The average Bonchev–Trinajstić information content (AvgIpc) is 2.73. The molecule has 0 amide bonds. The Bertz CT molecular complexity index is 336. The average molecular weight is 225 g/mol. The summed E-state index contributed by atoms with van der Waals surface area (Å²) in [5.74, 6) is -0.0252. The number of hydrogen-bond acceptors (Lipinski definition) is 4. The van der Waals surface area contributed by atoms with E-state index in [0.29, 0.717) is 25.3 Å². The number of ether oxygens (including phenoxy) is 1. The molecule has 0 aliphatic rings. The first-order valence-electron chi connectivity index (χ1n) is 5.78. The quantitative estimate of drug-likeness (QED) is 0.662. The first-order chi connectivity index (χ1) is 7.74. The highest BCUT2D eigenvalue weighted by Gasteiger charge is 2.22. The Morgan fingerprint density at radius 3 is 2.81 bits per heavy atom. The van der Waals surface area contributed by atoms with E-state index in [1.165, 1.54) is 6.20 Å². The largest absolute Gasteiger partial charge is 0.370 e. The summed E-state index contributed by atoms with van der Waals surface area (Å²) in [6, 6.07) is 0. The van der Waals surface area contributed by atoms with Crippen LogP contribution in [0.1, 0.15) is 44.1 Å². The second-order valence-corrected chi connectivity index (χ2v) is 3.56. The van der Waals surface area contributed by atoms with Crippen LogP contribution < -0.4 is 0 Å². The van der Waals surface area contributed by atoms with Crippen molar-refractivity contribution >= 4 is 5.78 Å². The molecule has 5 nitrogen and oxygen atoms in total. The van der Waals surface area contributed by atoms with Gasteiger partial charge in [0.05, 0.1) is 6.20 Å². The van der Waals surface area contributed by atoms with Gasteiger partial charge in [0.2, 0.25) is 5.78 Å². The molecule has 1 aromatic heterocycles. The zero-order valence-electron chi connectivity index (χ0n) is 10.1. The Hall–Kier alpha value is -1.23. The van der Waals surface area contributed by atoms with Gasteiger partial charge in [-0.15, -0.1) is 5.10 Å². The third-order valence-electron chi connectivity index (χ3n) is 2.34. The van der Waals surface area contributed by atoms with Crippen molar-refractivity contribution in [3.8, 4) is 0 Å². The fourth-order valence-electron chi connectivity index (χ4n) is 1.57. The maximum Gasteiger partial charge on any atom is 0.211 e. The minimum Gasteiger partial charge on any atom is -0.370 e. The highest BCUT2D eigenvalue weighted by molar-refractivity contribution is 5.97. The molecule has 0 spiro atoms. The van der Waals surface area contributed by atoms with Crippen molar-refractivity contribution in [3.63, 3.8) is 0 Å². The van der Waals surface area contributed by atoms with E-state index in [1.54, 1.807) is 4.68 Å². The lowest BCUT2D eigenvalue weighted by atomic mass is 10.1. The third kappa shape index (κ3) is 2.88. The minimum atomic E-state index is -0.376. The zero-order chi connectivity index (χ0) is 12.0. The van der Waals surface area contributed by atoms with E-state index in [9.17, 15) is 4.79 Å². The summed E-state index contributed by atoms with van der Waals surface area (Å²) in [5, 5.41) is 7.67. The Labute approximate surface area is 95.8 Å². The van der Waals surface area contributed by atoms with Gasteiger partial charge in [0.1, 0.15) is 11.8 Å². The monoisotopic (exact) mass is 225 g/mol. The number of rotatable bonds is 7. The minimum absolute atomic E-state index is 0.0252. The van der Waals surface area contributed by atoms with Gasteiger partial charge in [-0.1, -0.05) is 19.1 Å². The van der Waals surface area contributed by atoms with Crippen molar-refractivity contribution in [2.45, 2.75) is 46.3 Å². The van der Waals surface area contributed by atoms with Crippen LogP contribution in [0.4, 0.5) is 0 Å².